The summed E-state index contributed by atoms with van der Waals surface area (Å²) in [7, 11) is 0. The minimum absolute atomic E-state index is 0.0695. The molecule has 136 valence electrons. The van der Waals surface area contributed by atoms with Crippen molar-refractivity contribution in [3.05, 3.63) is 53.9 Å². The Morgan fingerprint density at radius 1 is 1.27 bits per heavy atom. The molecule has 0 saturated carbocycles. The SMILES string of the molecule is Cc1ccc2c(c1)N(C(=O)CCC(=O)NCc1ccccn1)C[C@@H](C)O2. The van der Waals surface area contributed by atoms with Gasteiger partial charge < -0.3 is 15.0 Å². The number of carbonyl (C=O) groups is 2. The van der Waals surface area contributed by atoms with Crippen molar-refractivity contribution in [1.29, 1.82) is 0 Å². The molecule has 0 radical (unpaired) electrons. The molecule has 26 heavy (non-hydrogen) atoms. The summed E-state index contributed by atoms with van der Waals surface area (Å²) in [5.74, 6) is 0.483. The first-order valence-corrected chi connectivity index (χ1v) is 8.77. The van der Waals surface area contributed by atoms with Crippen LogP contribution in [0.1, 0.15) is 31.0 Å². The topological polar surface area (TPSA) is 71.5 Å². The highest BCUT2D eigenvalue weighted by atomic mass is 16.5. The van der Waals surface area contributed by atoms with Crippen LogP contribution in [0.25, 0.3) is 0 Å². The smallest absolute Gasteiger partial charge is 0.227 e. The van der Waals surface area contributed by atoms with E-state index >= 15 is 0 Å². The number of ether oxygens (including phenoxy) is 1. The lowest BCUT2D eigenvalue weighted by atomic mass is 10.1. The Kier molecular flexibility index (Phi) is 5.51. The fraction of sp³-hybridized carbons (Fsp3) is 0.350. The molecule has 6 heteroatoms. The van der Waals surface area contributed by atoms with Crippen LogP contribution in [0.2, 0.25) is 0 Å². The van der Waals surface area contributed by atoms with Crippen molar-refractivity contribution in [3.8, 4) is 5.75 Å². The highest BCUT2D eigenvalue weighted by Gasteiger charge is 2.27. The van der Waals surface area contributed by atoms with Crippen molar-refractivity contribution < 1.29 is 14.3 Å². The second-order valence-corrected chi connectivity index (χ2v) is 6.50. The van der Waals surface area contributed by atoms with Crippen LogP contribution in [0, 0.1) is 6.92 Å². The zero-order chi connectivity index (χ0) is 18.5. The number of aromatic nitrogens is 1. The van der Waals surface area contributed by atoms with E-state index in [2.05, 4.69) is 10.3 Å². The largest absolute Gasteiger partial charge is 0.487 e. The van der Waals surface area contributed by atoms with Gasteiger partial charge in [0.25, 0.3) is 0 Å². The first-order chi connectivity index (χ1) is 12.5. The molecule has 0 unspecified atom stereocenters. The number of rotatable bonds is 5. The van der Waals surface area contributed by atoms with E-state index in [4.69, 9.17) is 4.74 Å². The normalized spacial score (nSPS) is 15.8. The second kappa shape index (κ2) is 7.99. The molecule has 0 spiro atoms. The molecule has 0 saturated heterocycles. The summed E-state index contributed by atoms with van der Waals surface area (Å²) in [6, 6.07) is 11.3. The molecule has 1 aliphatic rings. The number of benzene rings is 1. The maximum Gasteiger partial charge on any atom is 0.227 e. The number of nitrogens with zero attached hydrogens (tertiary/aromatic N) is 2. The van der Waals surface area contributed by atoms with Crippen molar-refractivity contribution in [3.63, 3.8) is 0 Å². The van der Waals surface area contributed by atoms with Crippen LogP contribution in [0.15, 0.2) is 42.6 Å². The summed E-state index contributed by atoms with van der Waals surface area (Å²) in [5.41, 5.74) is 2.63. The van der Waals surface area contributed by atoms with Crippen LogP contribution >= 0.6 is 0 Å². The molecule has 0 fully saturated rings. The average molecular weight is 353 g/mol. The van der Waals surface area contributed by atoms with Gasteiger partial charge >= 0.3 is 0 Å². The Bertz CT molecular complexity index is 792. The molecule has 1 atom stereocenters. The fourth-order valence-electron chi connectivity index (χ4n) is 2.92. The minimum atomic E-state index is -0.158. The Labute approximate surface area is 153 Å². The van der Waals surface area contributed by atoms with Gasteiger partial charge in [0.2, 0.25) is 11.8 Å². The quantitative estimate of drug-likeness (QED) is 0.897. The molecule has 1 aromatic carbocycles. The van der Waals surface area contributed by atoms with Crippen molar-refractivity contribution in [2.24, 2.45) is 0 Å². The highest BCUT2D eigenvalue weighted by Crippen LogP contribution is 2.34. The standard InChI is InChI=1S/C20H23N3O3/c1-14-6-7-18-17(11-14)23(13-15(2)26-18)20(25)9-8-19(24)22-12-16-5-3-4-10-21-16/h3-7,10-11,15H,8-9,12-13H2,1-2H3,(H,22,24)/t15-/m1/s1. The number of fused-ring (bicyclic) bond motifs is 1. The molecule has 3 rings (SSSR count). The highest BCUT2D eigenvalue weighted by molar-refractivity contribution is 5.97. The molecule has 2 aromatic rings. The number of aryl methyl sites for hydroxylation is 1. The van der Waals surface area contributed by atoms with Gasteiger partial charge in [-0.15, -0.1) is 0 Å². The van der Waals surface area contributed by atoms with E-state index < -0.39 is 0 Å². The van der Waals surface area contributed by atoms with Gasteiger partial charge in [-0.1, -0.05) is 12.1 Å². The monoisotopic (exact) mass is 353 g/mol. The van der Waals surface area contributed by atoms with Gasteiger partial charge in [-0.25, -0.2) is 0 Å². The number of pyridine rings is 1. The number of hydrogen-bond donors (Lipinski definition) is 1. The van der Waals surface area contributed by atoms with Gasteiger partial charge in [0.15, 0.2) is 0 Å². The number of amides is 2. The van der Waals surface area contributed by atoms with Crippen LogP contribution < -0.4 is 15.0 Å². The third-order valence-corrected chi connectivity index (χ3v) is 4.23. The molecular weight excluding hydrogens is 330 g/mol. The van der Waals surface area contributed by atoms with Gasteiger partial charge in [0, 0.05) is 19.0 Å². The van der Waals surface area contributed by atoms with E-state index in [0.717, 1.165) is 16.9 Å². The van der Waals surface area contributed by atoms with Crippen molar-refractivity contribution in [1.82, 2.24) is 10.3 Å². The number of nitrogens with one attached hydrogen (secondary N) is 1. The van der Waals surface area contributed by atoms with Crippen molar-refractivity contribution >= 4 is 17.5 Å². The third-order valence-electron chi connectivity index (χ3n) is 4.23. The molecular formula is C20H23N3O3. The van der Waals surface area contributed by atoms with Crippen molar-refractivity contribution in [2.45, 2.75) is 39.3 Å². The van der Waals surface area contributed by atoms with Crippen LogP contribution in [0.5, 0.6) is 5.75 Å². The summed E-state index contributed by atoms with van der Waals surface area (Å²) in [4.78, 5) is 30.6. The van der Waals surface area contributed by atoms with Gasteiger partial charge in [0.1, 0.15) is 11.9 Å². The fourth-order valence-corrected chi connectivity index (χ4v) is 2.92. The van der Waals surface area contributed by atoms with Gasteiger partial charge in [-0.05, 0) is 43.7 Å². The molecule has 6 nitrogen and oxygen atoms in total. The summed E-state index contributed by atoms with van der Waals surface area (Å²) in [6.07, 6.45) is 1.92. The first kappa shape index (κ1) is 17.9. The summed E-state index contributed by atoms with van der Waals surface area (Å²) < 4.78 is 5.80. The Balaban J connectivity index is 1.56. The van der Waals surface area contributed by atoms with E-state index in [1.54, 1.807) is 11.1 Å². The predicted octanol–water partition coefficient (Wildman–Crippen LogP) is 2.60. The third kappa shape index (κ3) is 4.39. The van der Waals surface area contributed by atoms with Crippen LogP contribution in [0.4, 0.5) is 5.69 Å². The van der Waals surface area contributed by atoms with Crippen LogP contribution in [0.3, 0.4) is 0 Å². The van der Waals surface area contributed by atoms with Crippen LogP contribution in [-0.2, 0) is 16.1 Å². The van der Waals surface area contributed by atoms with E-state index in [1.807, 2.05) is 50.2 Å². The summed E-state index contributed by atoms with van der Waals surface area (Å²) in [5, 5.41) is 2.80. The molecule has 1 aromatic heterocycles. The Morgan fingerprint density at radius 3 is 2.88 bits per heavy atom. The van der Waals surface area contributed by atoms with E-state index in [0.29, 0.717) is 18.8 Å². The molecule has 2 amide bonds. The van der Waals surface area contributed by atoms with E-state index in [-0.39, 0.29) is 30.8 Å². The molecule has 0 bridgehead atoms. The van der Waals surface area contributed by atoms with E-state index in [9.17, 15) is 9.59 Å². The van der Waals surface area contributed by atoms with Gasteiger partial charge in [-0.2, -0.15) is 0 Å². The Morgan fingerprint density at radius 2 is 2.12 bits per heavy atom. The summed E-state index contributed by atoms with van der Waals surface area (Å²) >= 11 is 0. The lowest BCUT2D eigenvalue weighted by molar-refractivity contribution is -0.125. The zero-order valence-corrected chi connectivity index (χ0v) is 15.1. The number of hydrogen-bond acceptors (Lipinski definition) is 4. The van der Waals surface area contributed by atoms with E-state index in [1.165, 1.54) is 0 Å². The van der Waals surface area contributed by atoms with Gasteiger partial charge in [0.05, 0.1) is 24.5 Å². The maximum absolute atomic E-state index is 12.7. The number of carbonyl (C=O) groups excluding carboxylic acids is 2. The minimum Gasteiger partial charge on any atom is -0.487 e. The average Bonchev–Trinajstić information content (AvgIpc) is 2.65. The number of anilines is 1. The predicted molar refractivity (Wildman–Crippen MR) is 98.9 cm³/mol. The lowest BCUT2D eigenvalue weighted by Crippen LogP contribution is -2.42. The van der Waals surface area contributed by atoms with Crippen LogP contribution in [-0.4, -0.2) is 29.4 Å². The zero-order valence-electron chi connectivity index (χ0n) is 15.1. The molecule has 0 aliphatic carbocycles. The molecule has 2 heterocycles. The Hall–Kier alpha value is -2.89. The molecule has 1 aliphatic heterocycles. The van der Waals surface area contributed by atoms with Crippen molar-refractivity contribution in [2.75, 3.05) is 11.4 Å². The van der Waals surface area contributed by atoms with Gasteiger partial charge in [-0.3, -0.25) is 14.6 Å². The maximum atomic E-state index is 12.7. The second-order valence-electron chi connectivity index (χ2n) is 6.50. The first-order valence-electron chi connectivity index (χ1n) is 8.77. The molecule has 1 N–H and O–H groups in total. The lowest BCUT2D eigenvalue weighted by Gasteiger charge is -2.33. The summed E-state index contributed by atoms with van der Waals surface area (Å²) in [6.45, 7) is 4.77.